The molecule has 3 N–H and O–H groups in total. The maximum absolute atomic E-state index is 11.3. The number of aromatic nitrogens is 2. The number of aliphatic hydroxyl groups excluding tert-OH is 1. The maximum Gasteiger partial charge on any atom is 0.325 e. The molecule has 1 aliphatic rings. The summed E-state index contributed by atoms with van der Waals surface area (Å²) in [7, 11) is 0. The lowest BCUT2D eigenvalue weighted by molar-refractivity contribution is -0.00348. The van der Waals surface area contributed by atoms with Gasteiger partial charge in [-0.1, -0.05) is 0 Å². The zero-order chi connectivity index (χ0) is 10.8. The van der Waals surface area contributed by atoms with E-state index in [2.05, 4.69) is 9.97 Å². The third-order valence-electron chi connectivity index (χ3n) is 2.48. The van der Waals surface area contributed by atoms with Crippen molar-refractivity contribution in [2.75, 3.05) is 6.61 Å². The van der Waals surface area contributed by atoms with Gasteiger partial charge in [-0.3, -0.25) is 9.78 Å². The average molecular weight is 212 g/mol. The van der Waals surface area contributed by atoms with Crippen molar-refractivity contribution in [1.82, 2.24) is 9.97 Å². The van der Waals surface area contributed by atoms with Gasteiger partial charge in [0.05, 0.1) is 11.7 Å². The molecule has 1 aliphatic heterocycles. The molecule has 1 aromatic rings. The Morgan fingerprint density at radius 2 is 2.33 bits per heavy atom. The fourth-order valence-electron chi connectivity index (χ4n) is 1.69. The van der Waals surface area contributed by atoms with E-state index in [1.807, 2.05) is 0 Å². The fourth-order valence-corrected chi connectivity index (χ4v) is 1.69. The van der Waals surface area contributed by atoms with Crippen LogP contribution in [0.1, 0.15) is 24.5 Å². The first-order chi connectivity index (χ1) is 7.18. The molecule has 1 saturated heterocycles. The first kappa shape index (κ1) is 10.1. The Balaban J connectivity index is 2.28. The second-order valence-electron chi connectivity index (χ2n) is 3.52. The standard InChI is InChI=1S/C9H12N2O4/c12-7(6-2-1-3-15-6)5-4-10-9(14)11-8(5)13/h4,6-7,12H,1-3H2,(H2,10,11,13,14)/t6-,7-/m0/s1. The first-order valence-electron chi connectivity index (χ1n) is 4.80. The second-order valence-corrected chi connectivity index (χ2v) is 3.52. The summed E-state index contributed by atoms with van der Waals surface area (Å²) >= 11 is 0. The summed E-state index contributed by atoms with van der Waals surface area (Å²) in [6, 6.07) is 0. The van der Waals surface area contributed by atoms with Gasteiger partial charge in [-0.05, 0) is 12.8 Å². The monoisotopic (exact) mass is 212 g/mol. The summed E-state index contributed by atoms with van der Waals surface area (Å²) in [4.78, 5) is 26.5. The van der Waals surface area contributed by atoms with Crippen LogP contribution in [-0.4, -0.2) is 27.8 Å². The minimum absolute atomic E-state index is 0.140. The summed E-state index contributed by atoms with van der Waals surface area (Å²) in [5.41, 5.74) is -1.01. The number of aliphatic hydroxyl groups is 1. The summed E-state index contributed by atoms with van der Waals surface area (Å²) in [5, 5.41) is 9.82. The average Bonchev–Trinajstić information content (AvgIpc) is 2.69. The summed E-state index contributed by atoms with van der Waals surface area (Å²) in [6.45, 7) is 0.600. The molecular weight excluding hydrogens is 200 g/mol. The molecule has 15 heavy (non-hydrogen) atoms. The fraction of sp³-hybridized carbons (Fsp3) is 0.556. The van der Waals surface area contributed by atoms with Gasteiger partial charge in [-0.15, -0.1) is 0 Å². The van der Waals surface area contributed by atoms with Gasteiger partial charge in [0.25, 0.3) is 5.56 Å². The van der Waals surface area contributed by atoms with Crippen molar-refractivity contribution in [3.05, 3.63) is 32.6 Å². The van der Waals surface area contributed by atoms with Gasteiger partial charge in [0.1, 0.15) is 6.10 Å². The van der Waals surface area contributed by atoms with E-state index in [1.54, 1.807) is 0 Å². The van der Waals surface area contributed by atoms with Crippen molar-refractivity contribution in [2.45, 2.75) is 25.0 Å². The molecule has 2 atom stereocenters. The molecule has 0 saturated carbocycles. The van der Waals surface area contributed by atoms with Gasteiger partial charge < -0.3 is 14.8 Å². The van der Waals surface area contributed by atoms with E-state index in [1.165, 1.54) is 6.20 Å². The summed E-state index contributed by atoms with van der Waals surface area (Å²) in [6.07, 6.45) is 1.50. The summed E-state index contributed by atoms with van der Waals surface area (Å²) < 4.78 is 5.26. The van der Waals surface area contributed by atoms with E-state index in [4.69, 9.17) is 4.74 Å². The zero-order valence-corrected chi connectivity index (χ0v) is 8.03. The van der Waals surface area contributed by atoms with E-state index in [9.17, 15) is 14.7 Å². The largest absolute Gasteiger partial charge is 0.385 e. The van der Waals surface area contributed by atoms with E-state index in [-0.39, 0.29) is 11.7 Å². The van der Waals surface area contributed by atoms with Crippen LogP contribution in [0.4, 0.5) is 0 Å². The molecular formula is C9H12N2O4. The molecule has 1 fully saturated rings. The highest BCUT2D eigenvalue weighted by Crippen LogP contribution is 2.23. The third kappa shape index (κ3) is 2.00. The van der Waals surface area contributed by atoms with Crippen LogP contribution in [0.3, 0.4) is 0 Å². The van der Waals surface area contributed by atoms with Gasteiger partial charge in [0.2, 0.25) is 0 Å². The van der Waals surface area contributed by atoms with Crippen molar-refractivity contribution in [2.24, 2.45) is 0 Å². The highest BCUT2D eigenvalue weighted by Gasteiger charge is 2.27. The molecule has 2 rings (SSSR count). The van der Waals surface area contributed by atoms with Crippen LogP contribution in [0.25, 0.3) is 0 Å². The van der Waals surface area contributed by atoms with Crippen molar-refractivity contribution >= 4 is 0 Å². The van der Waals surface area contributed by atoms with Crippen LogP contribution in [0.5, 0.6) is 0 Å². The normalized spacial score (nSPS) is 22.9. The number of aromatic amines is 2. The van der Waals surface area contributed by atoms with Crippen LogP contribution >= 0.6 is 0 Å². The van der Waals surface area contributed by atoms with Crippen LogP contribution in [0.15, 0.2) is 15.8 Å². The molecule has 0 spiro atoms. The molecule has 82 valence electrons. The topological polar surface area (TPSA) is 95.2 Å². The molecule has 0 radical (unpaired) electrons. The lowest BCUT2D eigenvalue weighted by Gasteiger charge is -2.16. The van der Waals surface area contributed by atoms with E-state index in [0.29, 0.717) is 6.61 Å². The number of H-pyrrole nitrogens is 2. The molecule has 0 bridgehead atoms. The third-order valence-corrected chi connectivity index (χ3v) is 2.48. The maximum atomic E-state index is 11.3. The van der Waals surface area contributed by atoms with Gasteiger partial charge in [0.15, 0.2) is 0 Å². The first-order valence-corrected chi connectivity index (χ1v) is 4.80. The van der Waals surface area contributed by atoms with Crippen LogP contribution in [0.2, 0.25) is 0 Å². The van der Waals surface area contributed by atoms with Crippen LogP contribution in [0, 0.1) is 0 Å². The van der Waals surface area contributed by atoms with Gasteiger partial charge in [-0.25, -0.2) is 4.79 Å². The van der Waals surface area contributed by atoms with Gasteiger partial charge >= 0.3 is 5.69 Å². The van der Waals surface area contributed by atoms with Crippen molar-refractivity contribution in [1.29, 1.82) is 0 Å². The van der Waals surface area contributed by atoms with E-state index in [0.717, 1.165) is 12.8 Å². The Bertz CT molecular complexity index is 444. The molecule has 1 aromatic heterocycles. The van der Waals surface area contributed by atoms with E-state index >= 15 is 0 Å². The van der Waals surface area contributed by atoms with E-state index < -0.39 is 17.4 Å². The lowest BCUT2D eigenvalue weighted by atomic mass is 10.1. The molecule has 6 nitrogen and oxygen atoms in total. The summed E-state index contributed by atoms with van der Waals surface area (Å²) in [5.74, 6) is 0. The molecule has 0 unspecified atom stereocenters. The number of ether oxygens (including phenoxy) is 1. The smallest absolute Gasteiger partial charge is 0.325 e. The van der Waals surface area contributed by atoms with Crippen LogP contribution in [-0.2, 0) is 4.74 Å². The Morgan fingerprint density at radius 3 is 2.93 bits per heavy atom. The molecule has 0 aromatic carbocycles. The predicted octanol–water partition coefficient (Wildman–Crippen LogP) is -0.724. The van der Waals surface area contributed by atoms with Crippen molar-refractivity contribution in [3.63, 3.8) is 0 Å². The number of nitrogens with one attached hydrogen (secondary N) is 2. The quantitative estimate of drug-likeness (QED) is 0.602. The predicted molar refractivity (Wildman–Crippen MR) is 51.6 cm³/mol. The van der Waals surface area contributed by atoms with Crippen molar-refractivity contribution < 1.29 is 9.84 Å². The Labute approximate surface area is 84.9 Å². The highest BCUT2D eigenvalue weighted by atomic mass is 16.5. The van der Waals surface area contributed by atoms with Gasteiger partial charge in [-0.2, -0.15) is 0 Å². The minimum Gasteiger partial charge on any atom is -0.385 e. The minimum atomic E-state index is -0.979. The van der Waals surface area contributed by atoms with Crippen LogP contribution < -0.4 is 11.2 Å². The molecule has 6 heteroatoms. The van der Waals surface area contributed by atoms with Crippen molar-refractivity contribution in [3.8, 4) is 0 Å². The Kier molecular flexibility index (Phi) is 2.70. The highest BCUT2D eigenvalue weighted by molar-refractivity contribution is 5.09. The number of hydrogen-bond acceptors (Lipinski definition) is 4. The number of rotatable bonds is 2. The second kappa shape index (κ2) is 4.00. The SMILES string of the molecule is O=c1[nH]cc([C@H](O)[C@@H]2CCCO2)c(=O)[nH]1. The molecule has 0 aliphatic carbocycles. The Morgan fingerprint density at radius 1 is 1.53 bits per heavy atom. The lowest BCUT2D eigenvalue weighted by Crippen LogP contribution is -2.30. The number of hydrogen-bond donors (Lipinski definition) is 3. The molecule has 2 heterocycles. The Hall–Kier alpha value is -1.40. The molecule has 0 amide bonds. The zero-order valence-electron chi connectivity index (χ0n) is 8.03. The van der Waals surface area contributed by atoms with Gasteiger partial charge in [0, 0.05) is 12.8 Å².